The van der Waals surface area contributed by atoms with Gasteiger partial charge in [0.1, 0.15) is 4.88 Å². The fourth-order valence-corrected chi connectivity index (χ4v) is 3.24. The molecule has 0 aliphatic carbocycles. The van der Waals surface area contributed by atoms with Gasteiger partial charge in [0.05, 0.1) is 5.69 Å². The number of hydrogen-bond donors (Lipinski definition) is 1. The minimum atomic E-state index is -1.06. The lowest BCUT2D eigenvalue weighted by Crippen LogP contribution is -2.19. The molecule has 0 unspecified atom stereocenters. The van der Waals surface area contributed by atoms with E-state index in [0.29, 0.717) is 22.6 Å². The fraction of sp³-hybridized carbons (Fsp3) is 0.167. The lowest BCUT2D eigenvalue weighted by atomic mass is 10.1. The number of hydrogen-bond acceptors (Lipinski definition) is 4. The van der Waals surface area contributed by atoms with Crippen LogP contribution in [0, 0.1) is 6.92 Å². The summed E-state index contributed by atoms with van der Waals surface area (Å²) in [7, 11) is 0. The molecule has 122 valence electrons. The van der Waals surface area contributed by atoms with Crippen LogP contribution in [0.25, 0.3) is 17.1 Å². The van der Waals surface area contributed by atoms with Gasteiger partial charge in [0.25, 0.3) is 5.56 Å². The molecule has 0 atom stereocenters. The monoisotopic (exact) mass is 340 g/mol. The van der Waals surface area contributed by atoms with Crippen LogP contribution in [0.4, 0.5) is 0 Å². The summed E-state index contributed by atoms with van der Waals surface area (Å²) in [5, 5.41) is 9.10. The molecule has 1 N–H and O–H groups in total. The van der Waals surface area contributed by atoms with E-state index >= 15 is 0 Å². The van der Waals surface area contributed by atoms with Gasteiger partial charge in [-0.15, -0.1) is 0 Å². The lowest BCUT2D eigenvalue weighted by molar-refractivity contribution is 0.0701. The van der Waals surface area contributed by atoms with Crippen molar-refractivity contribution in [1.29, 1.82) is 0 Å². The second-order valence-corrected chi connectivity index (χ2v) is 6.44. The summed E-state index contributed by atoms with van der Waals surface area (Å²) in [4.78, 5) is 28.6. The second-order valence-electron chi connectivity index (χ2n) is 5.43. The summed E-state index contributed by atoms with van der Waals surface area (Å²) in [5.74, 6) is -1.06. The zero-order chi connectivity index (χ0) is 17.3. The molecule has 5 nitrogen and oxygen atoms in total. The lowest BCUT2D eigenvalue weighted by Gasteiger charge is -2.03. The zero-order valence-corrected chi connectivity index (χ0v) is 14.1. The van der Waals surface area contributed by atoms with Gasteiger partial charge in [-0.3, -0.25) is 9.20 Å². The van der Waals surface area contributed by atoms with Crippen LogP contribution in [0.2, 0.25) is 0 Å². The third-order valence-electron chi connectivity index (χ3n) is 3.73. The van der Waals surface area contributed by atoms with Crippen LogP contribution in [0.1, 0.15) is 39.0 Å². The molecule has 24 heavy (non-hydrogen) atoms. The molecule has 3 rings (SSSR count). The number of carbonyl (C=O) groups is 1. The van der Waals surface area contributed by atoms with E-state index in [4.69, 9.17) is 5.11 Å². The minimum Gasteiger partial charge on any atom is -0.477 e. The van der Waals surface area contributed by atoms with Gasteiger partial charge in [0.15, 0.2) is 4.96 Å². The summed E-state index contributed by atoms with van der Waals surface area (Å²) in [6, 6.07) is 8.03. The van der Waals surface area contributed by atoms with Crippen molar-refractivity contribution in [3.05, 3.63) is 68.1 Å². The average Bonchev–Trinajstić information content (AvgIpc) is 2.99. The molecular formula is C18H16N2O3S. The van der Waals surface area contributed by atoms with Gasteiger partial charge in [-0.05, 0) is 25.0 Å². The van der Waals surface area contributed by atoms with Crippen molar-refractivity contribution in [2.75, 3.05) is 0 Å². The molecule has 0 aliphatic heterocycles. The maximum atomic E-state index is 12.6. The summed E-state index contributed by atoms with van der Waals surface area (Å²) in [6.07, 6.45) is 5.58. The summed E-state index contributed by atoms with van der Waals surface area (Å²) < 4.78 is 1.32. The predicted octanol–water partition coefficient (Wildman–Crippen LogP) is 3.50. The highest BCUT2D eigenvalue weighted by molar-refractivity contribution is 7.18. The topological polar surface area (TPSA) is 71.7 Å². The predicted molar refractivity (Wildman–Crippen MR) is 95.8 cm³/mol. The standard InChI is InChI=1S/C18H16N2O3S/c1-3-13-14(9-8-12-6-4-11(2)5-7-12)19-18-20(16(13)21)10-15(24-18)17(22)23/h4-10H,3H2,1-2H3,(H,22,23). The largest absolute Gasteiger partial charge is 0.477 e. The van der Waals surface area contributed by atoms with E-state index < -0.39 is 5.97 Å². The number of aromatic carboxylic acids is 1. The number of thiazole rings is 1. The van der Waals surface area contributed by atoms with E-state index in [2.05, 4.69) is 4.98 Å². The normalized spacial score (nSPS) is 11.4. The number of carboxylic acid groups (broad SMARTS) is 1. The van der Waals surface area contributed by atoms with Gasteiger partial charge in [0.2, 0.25) is 0 Å². The smallest absolute Gasteiger partial charge is 0.347 e. The molecule has 0 fully saturated rings. The van der Waals surface area contributed by atoms with Crippen LogP contribution >= 0.6 is 11.3 Å². The highest BCUT2D eigenvalue weighted by atomic mass is 32.1. The first-order chi connectivity index (χ1) is 11.5. The maximum absolute atomic E-state index is 12.6. The number of fused-ring (bicyclic) bond motifs is 1. The summed E-state index contributed by atoms with van der Waals surface area (Å²) >= 11 is 0.995. The third kappa shape index (κ3) is 3.00. The molecule has 0 radical (unpaired) electrons. The Balaban J connectivity index is 2.11. The average molecular weight is 340 g/mol. The molecule has 0 amide bonds. The van der Waals surface area contributed by atoms with Crippen LogP contribution in [0.3, 0.4) is 0 Å². The maximum Gasteiger partial charge on any atom is 0.347 e. The number of aromatic nitrogens is 2. The Morgan fingerprint density at radius 1 is 1.29 bits per heavy atom. The fourth-order valence-electron chi connectivity index (χ4n) is 2.42. The number of nitrogens with zero attached hydrogens (tertiary/aromatic N) is 2. The van der Waals surface area contributed by atoms with Crippen molar-refractivity contribution in [3.63, 3.8) is 0 Å². The summed E-state index contributed by atoms with van der Waals surface area (Å²) in [6.45, 7) is 3.91. The highest BCUT2D eigenvalue weighted by Gasteiger charge is 2.15. The van der Waals surface area contributed by atoms with Gasteiger partial charge < -0.3 is 5.11 Å². The molecule has 0 bridgehead atoms. The Bertz CT molecular complexity index is 998. The van der Waals surface area contributed by atoms with Crippen LogP contribution in [-0.4, -0.2) is 20.5 Å². The van der Waals surface area contributed by atoms with Gasteiger partial charge in [-0.25, -0.2) is 9.78 Å². The van der Waals surface area contributed by atoms with Gasteiger partial charge in [0, 0.05) is 11.8 Å². The Kier molecular flexibility index (Phi) is 4.31. The molecule has 0 saturated carbocycles. The van der Waals surface area contributed by atoms with E-state index in [-0.39, 0.29) is 10.4 Å². The number of carboxylic acids is 1. The van der Waals surface area contributed by atoms with Crippen LogP contribution < -0.4 is 5.56 Å². The molecule has 0 spiro atoms. The molecule has 0 aliphatic rings. The quantitative estimate of drug-likeness (QED) is 0.789. The van der Waals surface area contributed by atoms with Crippen molar-refractivity contribution in [3.8, 4) is 0 Å². The van der Waals surface area contributed by atoms with E-state index in [0.717, 1.165) is 16.9 Å². The zero-order valence-electron chi connectivity index (χ0n) is 13.3. The molecule has 2 aromatic heterocycles. The summed E-state index contributed by atoms with van der Waals surface area (Å²) in [5.41, 5.74) is 3.14. The van der Waals surface area contributed by atoms with Crippen LogP contribution in [-0.2, 0) is 6.42 Å². The van der Waals surface area contributed by atoms with Crippen molar-refractivity contribution in [2.45, 2.75) is 20.3 Å². The van der Waals surface area contributed by atoms with E-state index in [1.165, 1.54) is 16.2 Å². The van der Waals surface area contributed by atoms with Crippen molar-refractivity contribution in [1.82, 2.24) is 9.38 Å². The van der Waals surface area contributed by atoms with Crippen LogP contribution in [0.15, 0.2) is 35.3 Å². The Hall–Kier alpha value is -2.73. The molecular weight excluding hydrogens is 324 g/mol. The molecule has 3 aromatic rings. The van der Waals surface area contributed by atoms with Crippen molar-refractivity contribution in [2.24, 2.45) is 0 Å². The number of rotatable bonds is 4. The Morgan fingerprint density at radius 2 is 2.00 bits per heavy atom. The number of benzene rings is 1. The first-order valence-corrected chi connectivity index (χ1v) is 8.34. The first-order valence-electron chi connectivity index (χ1n) is 7.52. The second kappa shape index (κ2) is 6.41. The molecule has 6 heteroatoms. The minimum absolute atomic E-state index is 0.0984. The molecule has 0 saturated heterocycles. The Labute approximate surface area is 142 Å². The van der Waals surface area contributed by atoms with Gasteiger partial charge >= 0.3 is 5.97 Å². The SMILES string of the molecule is CCc1c(C=Cc2ccc(C)cc2)nc2sc(C(=O)O)cn2c1=O. The van der Waals surface area contributed by atoms with E-state index in [1.54, 1.807) is 0 Å². The highest BCUT2D eigenvalue weighted by Crippen LogP contribution is 2.18. The third-order valence-corrected chi connectivity index (χ3v) is 4.70. The molecule has 2 heterocycles. The van der Waals surface area contributed by atoms with Crippen molar-refractivity contribution >= 4 is 34.4 Å². The van der Waals surface area contributed by atoms with Crippen molar-refractivity contribution < 1.29 is 9.90 Å². The van der Waals surface area contributed by atoms with Gasteiger partial charge in [-0.1, -0.05) is 54.2 Å². The number of aryl methyl sites for hydroxylation is 1. The van der Waals surface area contributed by atoms with Gasteiger partial charge in [-0.2, -0.15) is 0 Å². The van der Waals surface area contributed by atoms with E-state index in [1.807, 2.05) is 50.3 Å². The van der Waals surface area contributed by atoms with E-state index in [9.17, 15) is 9.59 Å². The first kappa shape index (κ1) is 16.1. The molecule has 1 aromatic carbocycles. The van der Waals surface area contributed by atoms with Crippen LogP contribution in [0.5, 0.6) is 0 Å². The Morgan fingerprint density at radius 3 is 2.62 bits per heavy atom.